The van der Waals surface area contributed by atoms with Gasteiger partial charge in [0.05, 0.1) is 0 Å². The van der Waals surface area contributed by atoms with E-state index in [2.05, 4.69) is 12.2 Å². The van der Waals surface area contributed by atoms with Gasteiger partial charge >= 0.3 is 0 Å². The highest BCUT2D eigenvalue weighted by molar-refractivity contribution is 6.30. The van der Waals surface area contributed by atoms with E-state index in [1.54, 1.807) is 0 Å². The number of hydrogen-bond donors (Lipinski definition) is 2. The summed E-state index contributed by atoms with van der Waals surface area (Å²) in [6.07, 6.45) is 2.93. The van der Waals surface area contributed by atoms with Crippen molar-refractivity contribution in [3.8, 4) is 5.75 Å². The van der Waals surface area contributed by atoms with Gasteiger partial charge in [-0.25, -0.2) is 0 Å². The highest BCUT2D eigenvalue weighted by Crippen LogP contribution is 2.30. The molecule has 100 valence electrons. The Kier molecular flexibility index (Phi) is 4.87. The lowest BCUT2D eigenvalue weighted by molar-refractivity contribution is 0.218. The number of fused-ring (bicyclic) bond motifs is 1. The van der Waals surface area contributed by atoms with Gasteiger partial charge < -0.3 is 15.2 Å². The Morgan fingerprint density at radius 2 is 2.39 bits per heavy atom. The standard InChI is InChI=1S/C14H20ClNO2/c1-10(3-2-6-17)16-9-13-8-11-7-12(15)4-5-14(11)18-13/h4-5,7,10,13,16-17H,2-3,6,8-9H2,1H3. The van der Waals surface area contributed by atoms with Crippen LogP contribution in [-0.4, -0.2) is 30.4 Å². The minimum Gasteiger partial charge on any atom is -0.488 e. The second-order valence-corrected chi connectivity index (χ2v) is 5.31. The Labute approximate surface area is 113 Å². The lowest BCUT2D eigenvalue weighted by Gasteiger charge is -2.16. The van der Waals surface area contributed by atoms with Crippen molar-refractivity contribution in [1.82, 2.24) is 5.32 Å². The number of aliphatic hydroxyl groups is 1. The van der Waals surface area contributed by atoms with Crippen LogP contribution in [0.4, 0.5) is 0 Å². The minimum atomic E-state index is 0.190. The summed E-state index contributed by atoms with van der Waals surface area (Å²) >= 11 is 5.96. The van der Waals surface area contributed by atoms with Gasteiger partial charge in [-0.1, -0.05) is 11.6 Å². The molecule has 4 heteroatoms. The van der Waals surface area contributed by atoms with E-state index in [9.17, 15) is 0 Å². The summed E-state index contributed by atoms with van der Waals surface area (Å²) in [4.78, 5) is 0. The molecule has 1 aliphatic heterocycles. The van der Waals surface area contributed by atoms with Crippen molar-refractivity contribution in [1.29, 1.82) is 0 Å². The third-order valence-electron chi connectivity index (χ3n) is 3.25. The molecule has 1 aromatic carbocycles. The number of nitrogens with one attached hydrogen (secondary N) is 1. The van der Waals surface area contributed by atoms with E-state index in [1.807, 2.05) is 18.2 Å². The molecule has 3 nitrogen and oxygen atoms in total. The molecule has 0 saturated carbocycles. The highest BCUT2D eigenvalue weighted by Gasteiger charge is 2.22. The van der Waals surface area contributed by atoms with Gasteiger partial charge in [0.25, 0.3) is 0 Å². The second-order valence-electron chi connectivity index (χ2n) is 4.87. The molecule has 2 rings (SSSR count). The van der Waals surface area contributed by atoms with Crippen LogP contribution in [0.2, 0.25) is 5.02 Å². The number of ether oxygens (including phenoxy) is 1. The first-order valence-electron chi connectivity index (χ1n) is 6.48. The van der Waals surface area contributed by atoms with Gasteiger partial charge in [-0.2, -0.15) is 0 Å². The van der Waals surface area contributed by atoms with Crippen LogP contribution < -0.4 is 10.1 Å². The molecule has 0 bridgehead atoms. The van der Waals surface area contributed by atoms with Crippen LogP contribution in [0.3, 0.4) is 0 Å². The fourth-order valence-electron chi connectivity index (χ4n) is 2.24. The Balaban J connectivity index is 1.77. The van der Waals surface area contributed by atoms with E-state index in [0.29, 0.717) is 6.04 Å². The number of aliphatic hydroxyl groups excluding tert-OH is 1. The fourth-order valence-corrected chi connectivity index (χ4v) is 2.43. The van der Waals surface area contributed by atoms with Crippen LogP contribution in [0.15, 0.2) is 18.2 Å². The third kappa shape index (κ3) is 3.61. The van der Waals surface area contributed by atoms with Crippen LogP contribution >= 0.6 is 11.6 Å². The number of rotatable bonds is 6. The lowest BCUT2D eigenvalue weighted by atomic mass is 10.1. The van der Waals surface area contributed by atoms with E-state index >= 15 is 0 Å². The summed E-state index contributed by atoms with van der Waals surface area (Å²) in [6.45, 7) is 3.23. The van der Waals surface area contributed by atoms with Gasteiger partial charge in [0.15, 0.2) is 0 Å². The number of benzene rings is 1. The first-order valence-corrected chi connectivity index (χ1v) is 6.86. The van der Waals surface area contributed by atoms with Crippen LogP contribution in [0.1, 0.15) is 25.3 Å². The van der Waals surface area contributed by atoms with Crippen molar-refractivity contribution in [2.75, 3.05) is 13.2 Å². The monoisotopic (exact) mass is 269 g/mol. The number of hydrogen-bond acceptors (Lipinski definition) is 3. The molecule has 1 aromatic rings. The zero-order valence-corrected chi connectivity index (χ0v) is 11.4. The molecule has 0 radical (unpaired) electrons. The van der Waals surface area contributed by atoms with E-state index in [4.69, 9.17) is 21.4 Å². The van der Waals surface area contributed by atoms with Crippen LogP contribution in [-0.2, 0) is 6.42 Å². The molecular weight excluding hydrogens is 250 g/mol. The molecule has 2 N–H and O–H groups in total. The van der Waals surface area contributed by atoms with E-state index in [1.165, 1.54) is 5.56 Å². The van der Waals surface area contributed by atoms with Gasteiger partial charge in [0.1, 0.15) is 11.9 Å². The molecule has 0 aliphatic carbocycles. The fraction of sp³-hybridized carbons (Fsp3) is 0.571. The minimum absolute atomic E-state index is 0.190. The molecule has 0 fully saturated rings. The van der Waals surface area contributed by atoms with Crippen molar-refractivity contribution in [3.05, 3.63) is 28.8 Å². The summed E-state index contributed by atoms with van der Waals surface area (Å²) in [5, 5.41) is 13.0. The van der Waals surface area contributed by atoms with Gasteiger partial charge in [-0.15, -0.1) is 0 Å². The van der Waals surface area contributed by atoms with Crippen molar-refractivity contribution in [3.63, 3.8) is 0 Å². The SMILES string of the molecule is CC(CCCO)NCC1Cc2cc(Cl)ccc2O1. The number of halogens is 1. The predicted molar refractivity (Wildman–Crippen MR) is 73.4 cm³/mol. The average molecular weight is 270 g/mol. The van der Waals surface area contributed by atoms with Gasteiger partial charge in [0.2, 0.25) is 0 Å². The highest BCUT2D eigenvalue weighted by atomic mass is 35.5. The Morgan fingerprint density at radius 1 is 1.56 bits per heavy atom. The van der Waals surface area contributed by atoms with Gasteiger partial charge in [-0.3, -0.25) is 0 Å². The summed E-state index contributed by atoms with van der Waals surface area (Å²) in [5.41, 5.74) is 1.19. The molecule has 2 atom stereocenters. The molecule has 1 heterocycles. The molecule has 18 heavy (non-hydrogen) atoms. The Bertz CT molecular complexity index is 397. The summed E-state index contributed by atoms with van der Waals surface area (Å²) in [5.74, 6) is 0.953. The lowest BCUT2D eigenvalue weighted by Crippen LogP contribution is -2.35. The van der Waals surface area contributed by atoms with Crippen LogP contribution in [0.25, 0.3) is 0 Å². The van der Waals surface area contributed by atoms with Crippen molar-refractivity contribution in [2.45, 2.75) is 38.3 Å². The van der Waals surface area contributed by atoms with Crippen molar-refractivity contribution >= 4 is 11.6 Å². The quantitative estimate of drug-likeness (QED) is 0.833. The Morgan fingerprint density at radius 3 is 3.17 bits per heavy atom. The molecule has 0 aromatic heterocycles. The van der Waals surface area contributed by atoms with Gasteiger partial charge in [-0.05, 0) is 43.5 Å². The maximum Gasteiger partial charge on any atom is 0.123 e. The maximum absolute atomic E-state index is 8.77. The molecule has 0 saturated heterocycles. The van der Waals surface area contributed by atoms with Gasteiger partial charge in [0, 0.05) is 30.6 Å². The Hall–Kier alpha value is -0.770. The van der Waals surface area contributed by atoms with Crippen molar-refractivity contribution in [2.24, 2.45) is 0 Å². The largest absolute Gasteiger partial charge is 0.488 e. The average Bonchev–Trinajstić information content (AvgIpc) is 2.75. The first kappa shape index (κ1) is 13.7. The first-order chi connectivity index (χ1) is 8.69. The van der Waals surface area contributed by atoms with E-state index in [0.717, 1.165) is 36.6 Å². The third-order valence-corrected chi connectivity index (χ3v) is 3.49. The van der Waals surface area contributed by atoms with E-state index < -0.39 is 0 Å². The second kappa shape index (κ2) is 6.41. The predicted octanol–water partition coefficient (Wildman–Crippen LogP) is 2.39. The molecule has 0 spiro atoms. The normalized spacial score (nSPS) is 19.4. The summed E-state index contributed by atoms with van der Waals surface area (Å²) < 4.78 is 5.85. The zero-order valence-electron chi connectivity index (χ0n) is 10.7. The van der Waals surface area contributed by atoms with Crippen molar-refractivity contribution < 1.29 is 9.84 Å². The zero-order chi connectivity index (χ0) is 13.0. The molecule has 2 unspecified atom stereocenters. The molecule has 1 aliphatic rings. The van der Waals surface area contributed by atoms with Crippen LogP contribution in [0.5, 0.6) is 5.75 Å². The maximum atomic E-state index is 8.77. The van der Waals surface area contributed by atoms with E-state index in [-0.39, 0.29) is 12.7 Å². The summed E-state index contributed by atoms with van der Waals surface area (Å²) in [6, 6.07) is 6.19. The molecule has 0 amide bonds. The summed E-state index contributed by atoms with van der Waals surface area (Å²) in [7, 11) is 0. The molecular formula is C14H20ClNO2. The van der Waals surface area contributed by atoms with Crippen LogP contribution in [0, 0.1) is 0 Å². The smallest absolute Gasteiger partial charge is 0.123 e. The topological polar surface area (TPSA) is 41.5 Å².